The minimum Gasteiger partial charge on any atom is -0.330 e. The zero-order valence-corrected chi connectivity index (χ0v) is 13.7. The van der Waals surface area contributed by atoms with Crippen LogP contribution in [0.5, 0.6) is 0 Å². The van der Waals surface area contributed by atoms with E-state index in [9.17, 15) is 0 Å². The predicted octanol–water partition coefficient (Wildman–Crippen LogP) is 3.65. The number of benzene rings is 1. The van der Waals surface area contributed by atoms with Gasteiger partial charge in [0.2, 0.25) is 0 Å². The lowest BCUT2D eigenvalue weighted by atomic mass is 9.93. The zero-order valence-electron chi connectivity index (χ0n) is 12.1. The molecule has 2 rings (SSSR count). The molecule has 108 valence electrons. The highest BCUT2D eigenvalue weighted by Crippen LogP contribution is 2.26. The van der Waals surface area contributed by atoms with E-state index in [0.717, 1.165) is 29.6 Å². The molecule has 0 aliphatic heterocycles. The molecule has 1 heterocycles. The summed E-state index contributed by atoms with van der Waals surface area (Å²) < 4.78 is 3.22. The quantitative estimate of drug-likeness (QED) is 0.875. The molecule has 3 nitrogen and oxygen atoms in total. The van der Waals surface area contributed by atoms with E-state index < -0.39 is 0 Å². The first-order valence-corrected chi connectivity index (χ1v) is 7.93. The molecular formula is C16H22BrN3. The number of nitrogens with two attached hydrogens (primary N) is 1. The second-order valence-corrected chi connectivity index (χ2v) is 5.84. The van der Waals surface area contributed by atoms with Gasteiger partial charge in [0.1, 0.15) is 0 Å². The Bertz CT molecular complexity index is 548. The molecule has 20 heavy (non-hydrogen) atoms. The molecule has 0 aliphatic rings. The number of rotatable bonds is 6. The van der Waals surface area contributed by atoms with Crippen LogP contribution in [0.2, 0.25) is 0 Å². The number of aryl methyl sites for hydroxylation is 2. The Kier molecular flexibility index (Phi) is 5.38. The third-order valence-electron chi connectivity index (χ3n) is 3.74. The van der Waals surface area contributed by atoms with Gasteiger partial charge in [-0.15, -0.1) is 0 Å². The van der Waals surface area contributed by atoms with Gasteiger partial charge >= 0.3 is 0 Å². The first kappa shape index (κ1) is 15.3. The van der Waals surface area contributed by atoms with E-state index in [1.165, 1.54) is 11.3 Å². The molecule has 1 atom stereocenters. The number of nitrogens with zero attached hydrogens (tertiary/aromatic N) is 2. The summed E-state index contributed by atoms with van der Waals surface area (Å²) in [6.45, 7) is 5.75. The van der Waals surface area contributed by atoms with Crippen LogP contribution in [0.25, 0.3) is 0 Å². The second-order valence-electron chi connectivity index (χ2n) is 5.04. The molecule has 0 fully saturated rings. The van der Waals surface area contributed by atoms with Crippen molar-refractivity contribution in [2.75, 3.05) is 6.54 Å². The van der Waals surface area contributed by atoms with Crippen molar-refractivity contribution in [3.8, 4) is 0 Å². The van der Waals surface area contributed by atoms with Gasteiger partial charge in [-0.05, 0) is 60.6 Å². The van der Waals surface area contributed by atoms with Gasteiger partial charge in [-0.25, -0.2) is 0 Å². The standard InChI is InChI=1S/C16H22BrN3/c1-3-20-15(16(17)12(2)19-20)10-9-14(11-18)13-7-5-4-6-8-13/h4-8,14H,3,9-11,18H2,1-2H3. The van der Waals surface area contributed by atoms with Crippen molar-refractivity contribution < 1.29 is 0 Å². The summed E-state index contributed by atoms with van der Waals surface area (Å²) in [5.41, 5.74) is 9.61. The van der Waals surface area contributed by atoms with Crippen LogP contribution < -0.4 is 5.73 Å². The fourth-order valence-corrected chi connectivity index (χ4v) is 3.05. The van der Waals surface area contributed by atoms with E-state index in [0.29, 0.717) is 12.5 Å². The van der Waals surface area contributed by atoms with E-state index in [1.54, 1.807) is 0 Å². The van der Waals surface area contributed by atoms with Gasteiger partial charge in [-0.2, -0.15) is 5.10 Å². The van der Waals surface area contributed by atoms with E-state index in [4.69, 9.17) is 5.73 Å². The van der Waals surface area contributed by atoms with Gasteiger partial charge in [-0.3, -0.25) is 4.68 Å². The topological polar surface area (TPSA) is 43.8 Å². The predicted molar refractivity (Wildman–Crippen MR) is 86.9 cm³/mol. The van der Waals surface area contributed by atoms with Crippen molar-refractivity contribution in [1.29, 1.82) is 0 Å². The average Bonchev–Trinajstić information content (AvgIpc) is 2.76. The van der Waals surface area contributed by atoms with Gasteiger partial charge in [0.25, 0.3) is 0 Å². The molecule has 0 saturated heterocycles. The van der Waals surface area contributed by atoms with E-state index in [-0.39, 0.29) is 0 Å². The van der Waals surface area contributed by atoms with E-state index >= 15 is 0 Å². The van der Waals surface area contributed by atoms with Gasteiger partial charge in [-0.1, -0.05) is 30.3 Å². The highest BCUT2D eigenvalue weighted by Gasteiger charge is 2.15. The van der Waals surface area contributed by atoms with Crippen LogP contribution in [0.3, 0.4) is 0 Å². The van der Waals surface area contributed by atoms with E-state index in [1.807, 2.05) is 13.0 Å². The molecule has 0 bridgehead atoms. The third kappa shape index (κ3) is 3.30. The van der Waals surface area contributed by atoms with Crippen molar-refractivity contribution in [1.82, 2.24) is 9.78 Å². The lowest BCUT2D eigenvalue weighted by Gasteiger charge is -2.15. The number of hydrogen-bond acceptors (Lipinski definition) is 2. The Hall–Kier alpha value is -1.13. The minimum atomic E-state index is 0.406. The fourth-order valence-electron chi connectivity index (χ4n) is 2.56. The van der Waals surface area contributed by atoms with Crippen LogP contribution >= 0.6 is 15.9 Å². The van der Waals surface area contributed by atoms with Crippen LogP contribution in [0.4, 0.5) is 0 Å². The highest BCUT2D eigenvalue weighted by atomic mass is 79.9. The lowest BCUT2D eigenvalue weighted by molar-refractivity contribution is 0.572. The van der Waals surface area contributed by atoms with Crippen LogP contribution in [0.15, 0.2) is 34.8 Å². The Labute approximate surface area is 129 Å². The van der Waals surface area contributed by atoms with Gasteiger partial charge in [0.05, 0.1) is 15.9 Å². The molecular weight excluding hydrogens is 314 g/mol. The summed E-state index contributed by atoms with van der Waals surface area (Å²) in [6.07, 6.45) is 2.04. The third-order valence-corrected chi connectivity index (χ3v) is 4.77. The normalized spacial score (nSPS) is 12.6. The Morgan fingerprint density at radius 1 is 1.30 bits per heavy atom. The molecule has 2 aromatic rings. The largest absolute Gasteiger partial charge is 0.330 e. The maximum absolute atomic E-state index is 5.95. The molecule has 0 spiro atoms. The molecule has 1 aromatic carbocycles. The van der Waals surface area contributed by atoms with Gasteiger partial charge in [0.15, 0.2) is 0 Å². The van der Waals surface area contributed by atoms with Gasteiger partial charge in [0, 0.05) is 6.54 Å². The van der Waals surface area contributed by atoms with Crippen molar-refractivity contribution in [2.45, 2.75) is 39.2 Å². The summed E-state index contributed by atoms with van der Waals surface area (Å²) in [4.78, 5) is 0. The summed E-state index contributed by atoms with van der Waals surface area (Å²) >= 11 is 3.66. The Balaban J connectivity index is 2.11. The average molecular weight is 336 g/mol. The van der Waals surface area contributed by atoms with Crippen LogP contribution in [0, 0.1) is 6.92 Å². The summed E-state index contributed by atoms with van der Waals surface area (Å²) in [7, 11) is 0. The first-order chi connectivity index (χ1) is 9.67. The van der Waals surface area contributed by atoms with Gasteiger partial charge < -0.3 is 5.73 Å². The summed E-state index contributed by atoms with van der Waals surface area (Å²) in [5.74, 6) is 0.406. The maximum atomic E-state index is 5.95. The van der Waals surface area contributed by atoms with Crippen LogP contribution in [0.1, 0.15) is 36.2 Å². The molecule has 4 heteroatoms. The zero-order chi connectivity index (χ0) is 14.5. The molecule has 1 unspecified atom stereocenters. The fraction of sp³-hybridized carbons (Fsp3) is 0.438. The SMILES string of the molecule is CCn1nc(C)c(Br)c1CCC(CN)c1ccccc1. The Morgan fingerprint density at radius 3 is 2.60 bits per heavy atom. The molecule has 2 N–H and O–H groups in total. The lowest BCUT2D eigenvalue weighted by Crippen LogP contribution is -2.14. The van der Waals surface area contributed by atoms with Crippen LogP contribution in [-0.2, 0) is 13.0 Å². The Morgan fingerprint density at radius 2 is 2.00 bits per heavy atom. The number of aromatic nitrogens is 2. The summed E-state index contributed by atoms with van der Waals surface area (Å²) in [5, 5.41) is 4.54. The molecule has 0 aliphatic carbocycles. The monoisotopic (exact) mass is 335 g/mol. The first-order valence-electron chi connectivity index (χ1n) is 7.14. The van der Waals surface area contributed by atoms with Crippen molar-refractivity contribution >= 4 is 15.9 Å². The molecule has 0 amide bonds. The second kappa shape index (κ2) is 7.04. The van der Waals surface area contributed by atoms with Crippen molar-refractivity contribution in [3.05, 3.63) is 51.8 Å². The minimum absolute atomic E-state index is 0.406. The highest BCUT2D eigenvalue weighted by molar-refractivity contribution is 9.10. The van der Waals surface area contributed by atoms with Crippen LogP contribution in [-0.4, -0.2) is 16.3 Å². The number of hydrogen-bond donors (Lipinski definition) is 1. The smallest absolute Gasteiger partial charge is 0.0738 e. The van der Waals surface area contributed by atoms with Crippen molar-refractivity contribution in [3.63, 3.8) is 0 Å². The molecule has 0 saturated carbocycles. The maximum Gasteiger partial charge on any atom is 0.0738 e. The molecule has 1 aromatic heterocycles. The summed E-state index contributed by atoms with van der Waals surface area (Å²) in [6, 6.07) is 10.5. The molecule has 0 radical (unpaired) electrons. The van der Waals surface area contributed by atoms with Crippen molar-refractivity contribution in [2.24, 2.45) is 5.73 Å². The number of halogens is 1. The van der Waals surface area contributed by atoms with E-state index in [2.05, 4.69) is 56.9 Å².